The van der Waals surface area contributed by atoms with Crippen molar-refractivity contribution in [3.8, 4) is 6.07 Å². The lowest BCUT2D eigenvalue weighted by Gasteiger charge is -2.34. The van der Waals surface area contributed by atoms with Gasteiger partial charge in [0, 0.05) is 31.2 Å². The summed E-state index contributed by atoms with van der Waals surface area (Å²) in [5, 5.41) is 8.86. The van der Waals surface area contributed by atoms with Gasteiger partial charge in [-0.2, -0.15) is 5.26 Å². The van der Waals surface area contributed by atoms with E-state index >= 15 is 0 Å². The second kappa shape index (κ2) is 8.19. The summed E-state index contributed by atoms with van der Waals surface area (Å²) in [6.45, 7) is 2.98. The number of nitriles is 1. The van der Waals surface area contributed by atoms with Crippen molar-refractivity contribution >= 4 is 38.3 Å². The molecule has 3 aromatic rings. The molecule has 0 aliphatic carbocycles. The molecule has 4 rings (SSSR count). The topological polar surface area (TPSA) is 90.2 Å². The third-order valence-electron chi connectivity index (χ3n) is 5.20. The summed E-state index contributed by atoms with van der Waals surface area (Å²) in [6, 6.07) is 15.0. The molecule has 0 N–H and O–H groups in total. The van der Waals surface area contributed by atoms with Gasteiger partial charge < -0.3 is 9.80 Å². The number of anilines is 1. The molecule has 1 aromatic heterocycles. The maximum atomic E-state index is 13.3. The fourth-order valence-corrected chi connectivity index (χ4v) is 4.97. The standard InChI is InChI=1S/C21H20ClN5O2S/c1-26-10-12-27(13-11-26)21-20(24-17-4-2-3-5-18(17)25-21)19(14-23)30(28,29)16-8-6-15(22)7-9-16/h2-9,19H,10-13H2,1H3/t19-/m1/s1. The van der Waals surface area contributed by atoms with Crippen LogP contribution < -0.4 is 4.90 Å². The summed E-state index contributed by atoms with van der Waals surface area (Å²) < 4.78 is 26.7. The predicted molar refractivity (Wildman–Crippen MR) is 116 cm³/mol. The van der Waals surface area contributed by atoms with E-state index in [1.165, 1.54) is 24.3 Å². The first-order valence-corrected chi connectivity index (χ1v) is 11.4. The Morgan fingerprint density at radius 2 is 1.60 bits per heavy atom. The summed E-state index contributed by atoms with van der Waals surface area (Å²) in [4.78, 5) is 13.6. The van der Waals surface area contributed by atoms with E-state index in [1.807, 2.05) is 36.2 Å². The minimum atomic E-state index is -4.02. The number of benzene rings is 2. The summed E-state index contributed by atoms with van der Waals surface area (Å²) in [5.74, 6) is 0.450. The lowest BCUT2D eigenvalue weighted by molar-refractivity contribution is 0.312. The normalized spacial score (nSPS) is 16.4. The molecule has 2 aromatic carbocycles. The van der Waals surface area contributed by atoms with E-state index in [0.717, 1.165) is 13.1 Å². The molecule has 0 spiro atoms. The fraction of sp³-hybridized carbons (Fsp3) is 0.286. The molecule has 1 fully saturated rings. The van der Waals surface area contributed by atoms with Gasteiger partial charge in [0.15, 0.2) is 11.1 Å². The highest BCUT2D eigenvalue weighted by atomic mass is 35.5. The molecular formula is C21H20ClN5O2S. The lowest BCUT2D eigenvalue weighted by atomic mass is 10.2. The van der Waals surface area contributed by atoms with Crippen molar-refractivity contribution in [2.75, 3.05) is 38.1 Å². The number of nitrogens with zero attached hydrogens (tertiary/aromatic N) is 5. The molecular weight excluding hydrogens is 422 g/mol. The average molecular weight is 442 g/mol. The minimum Gasteiger partial charge on any atom is -0.352 e. The molecule has 1 aliphatic rings. The second-order valence-electron chi connectivity index (χ2n) is 7.22. The van der Waals surface area contributed by atoms with Crippen LogP contribution in [0.2, 0.25) is 5.02 Å². The first kappa shape index (κ1) is 20.5. The van der Waals surface area contributed by atoms with E-state index in [0.29, 0.717) is 35.0 Å². The van der Waals surface area contributed by atoms with E-state index in [9.17, 15) is 13.7 Å². The fourth-order valence-electron chi connectivity index (χ4n) is 3.47. The van der Waals surface area contributed by atoms with Crippen LogP contribution in [0.3, 0.4) is 0 Å². The van der Waals surface area contributed by atoms with Crippen LogP contribution in [-0.4, -0.2) is 56.5 Å². The van der Waals surface area contributed by atoms with Gasteiger partial charge in [0.05, 0.1) is 22.0 Å². The molecule has 1 atom stereocenters. The Morgan fingerprint density at radius 1 is 1.00 bits per heavy atom. The van der Waals surface area contributed by atoms with Crippen molar-refractivity contribution < 1.29 is 8.42 Å². The highest BCUT2D eigenvalue weighted by molar-refractivity contribution is 7.92. The Labute approximate surface area is 180 Å². The van der Waals surface area contributed by atoms with Gasteiger partial charge in [-0.25, -0.2) is 18.4 Å². The first-order chi connectivity index (χ1) is 14.4. The number of rotatable bonds is 4. The van der Waals surface area contributed by atoms with Crippen LogP contribution >= 0.6 is 11.6 Å². The first-order valence-electron chi connectivity index (χ1n) is 9.49. The molecule has 0 bridgehead atoms. The zero-order valence-corrected chi connectivity index (χ0v) is 17.9. The Hall–Kier alpha value is -2.73. The smallest absolute Gasteiger partial charge is 0.200 e. The summed E-state index contributed by atoms with van der Waals surface area (Å²) in [7, 11) is -1.99. The quantitative estimate of drug-likeness (QED) is 0.614. The van der Waals surface area contributed by atoms with E-state index in [1.54, 1.807) is 6.07 Å². The van der Waals surface area contributed by atoms with Crippen LogP contribution in [0.1, 0.15) is 10.9 Å². The minimum absolute atomic E-state index is 0.0257. The van der Waals surface area contributed by atoms with Gasteiger partial charge in [-0.3, -0.25) is 0 Å². The largest absolute Gasteiger partial charge is 0.352 e. The van der Waals surface area contributed by atoms with Gasteiger partial charge >= 0.3 is 0 Å². The molecule has 30 heavy (non-hydrogen) atoms. The van der Waals surface area contributed by atoms with E-state index < -0.39 is 15.1 Å². The zero-order chi connectivity index (χ0) is 21.3. The second-order valence-corrected chi connectivity index (χ2v) is 9.69. The summed E-state index contributed by atoms with van der Waals surface area (Å²) in [6.07, 6.45) is 0. The number of sulfone groups is 1. The van der Waals surface area contributed by atoms with Crippen LogP contribution in [0.4, 0.5) is 5.82 Å². The molecule has 154 valence electrons. The van der Waals surface area contributed by atoms with E-state index in [2.05, 4.69) is 9.88 Å². The molecule has 0 radical (unpaired) electrons. The Morgan fingerprint density at radius 3 is 2.20 bits per heavy atom. The number of hydrogen-bond acceptors (Lipinski definition) is 7. The molecule has 7 nitrogen and oxygen atoms in total. The number of para-hydroxylation sites is 2. The molecule has 0 unspecified atom stereocenters. The molecule has 2 heterocycles. The van der Waals surface area contributed by atoms with Gasteiger partial charge in [0.1, 0.15) is 5.69 Å². The maximum Gasteiger partial charge on any atom is 0.200 e. The highest BCUT2D eigenvalue weighted by Gasteiger charge is 2.35. The predicted octanol–water partition coefficient (Wildman–Crippen LogP) is 3.07. The summed E-state index contributed by atoms with van der Waals surface area (Å²) >= 11 is 5.90. The zero-order valence-electron chi connectivity index (χ0n) is 16.4. The Kier molecular flexibility index (Phi) is 5.60. The van der Waals surface area contributed by atoms with E-state index in [-0.39, 0.29) is 10.6 Å². The molecule has 0 amide bonds. The van der Waals surface area contributed by atoms with Crippen LogP contribution in [-0.2, 0) is 9.84 Å². The third kappa shape index (κ3) is 3.84. The molecule has 1 aliphatic heterocycles. The van der Waals surface area contributed by atoms with Crippen LogP contribution in [0.25, 0.3) is 11.0 Å². The Balaban J connectivity index is 1.87. The van der Waals surface area contributed by atoms with Gasteiger partial charge in [-0.1, -0.05) is 23.7 Å². The van der Waals surface area contributed by atoms with Crippen LogP contribution in [0.15, 0.2) is 53.4 Å². The monoisotopic (exact) mass is 441 g/mol. The van der Waals surface area contributed by atoms with Crippen molar-refractivity contribution in [1.29, 1.82) is 5.26 Å². The average Bonchev–Trinajstić information content (AvgIpc) is 2.74. The van der Waals surface area contributed by atoms with Crippen molar-refractivity contribution in [3.05, 3.63) is 59.2 Å². The molecule has 9 heteroatoms. The number of piperazine rings is 1. The SMILES string of the molecule is CN1CCN(c2nc3ccccc3nc2[C@@H](C#N)S(=O)(=O)c2ccc(Cl)cc2)CC1. The maximum absolute atomic E-state index is 13.3. The number of fused-ring (bicyclic) bond motifs is 1. The molecule has 0 saturated carbocycles. The van der Waals surface area contributed by atoms with Gasteiger partial charge in [-0.15, -0.1) is 0 Å². The van der Waals surface area contributed by atoms with Crippen LogP contribution in [0.5, 0.6) is 0 Å². The van der Waals surface area contributed by atoms with Crippen molar-refractivity contribution in [2.45, 2.75) is 10.1 Å². The van der Waals surface area contributed by atoms with Crippen molar-refractivity contribution in [3.63, 3.8) is 0 Å². The van der Waals surface area contributed by atoms with Crippen molar-refractivity contribution in [1.82, 2.24) is 14.9 Å². The lowest BCUT2D eigenvalue weighted by Crippen LogP contribution is -2.45. The number of aromatic nitrogens is 2. The van der Waals surface area contributed by atoms with Crippen molar-refractivity contribution in [2.24, 2.45) is 0 Å². The van der Waals surface area contributed by atoms with Gasteiger partial charge in [0.2, 0.25) is 9.84 Å². The van der Waals surface area contributed by atoms with E-state index in [4.69, 9.17) is 16.6 Å². The number of hydrogen-bond donors (Lipinski definition) is 0. The van der Waals surface area contributed by atoms with Crippen LogP contribution in [0, 0.1) is 11.3 Å². The number of halogens is 1. The van der Waals surface area contributed by atoms with Gasteiger partial charge in [-0.05, 0) is 43.4 Å². The molecule has 1 saturated heterocycles. The van der Waals surface area contributed by atoms with Gasteiger partial charge in [0.25, 0.3) is 0 Å². The third-order valence-corrected chi connectivity index (χ3v) is 7.33. The highest BCUT2D eigenvalue weighted by Crippen LogP contribution is 2.34. The Bertz CT molecular complexity index is 1220. The number of likely N-dealkylation sites (N-methyl/N-ethyl adjacent to an activating group) is 1. The summed E-state index contributed by atoms with van der Waals surface area (Å²) in [5.41, 5.74) is 1.38.